The topological polar surface area (TPSA) is 72.8 Å². The average molecular weight is 264 g/mol. The molecule has 0 radical (unpaired) electrons. The van der Waals surface area contributed by atoms with Crippen molar-refractivity contribution in [3.63, 3.8) is 0 Å². The van der Waals surface area contributed by atoms with Crippen LogP contribution in [0.1, 0.15) is 32.6 Å². The molecule has 2 saturated heterocycles. The quantitative estimate of drug-likeness (QED) is 0.515. The van der Waals surface area contributed by atoms with E-state index in [2.05, 4.69) is 6.08 Å². The van der Waals surface area contributed by atoms with Gasteiger partial charge in [-0.1, -0.05) is 11.6 Å². The number of carbonyl (C=O) groups is 2. The molecule has 1 N–H and O–H groups in total. The molecule has 3 fully saturated rings. The van der Waals surface area contributed by atoms with Gasteiger partial charge in [0.05, 0.1) is 11.8 Å². The van der Waals surface area contributed by atoms with Gasteiger partial charge in [0.25, 0.3) is 0 Å². The number of carbonyl (C=O) groups excluding carboxylic acids is 2. The molecule has 0 aromatic carbocycles. The molecule has 1 saturated carbocycles. The van der Waals surface area contributed by atoms with Crippen molar-refractivity contribution in [1.29, 1.82) is 0 Å². The van der Waals surface area contributed by atoms with E-state index in [-0.39, 0.29) is 18.0 Å². The summed E-state index contributed by atoms with van der Waals surface area (Å²) in [6, 6.07) is 0. The van der Waals surface area contributed by atoms with Crippen LogP contribution in [0.15, 0.2) is 11.6 Å². The van der Waals surface area contributed by atoms with E-state index >= 15 is 0 Å². The van der Waals surface area contributed by atoms with Gasteiger partial charge in [-0.3, -0.25) is 4.79 Å². The van der Waals surface area contributed by atoms with Gasteiger partial charge in [0, 0.05) is 5.41 Å². The molecule has 4 atom stereocenters. The molecule has 2 aliphatic carbocycles. The van der Waals surface area contributed by atoms with Crippen LogP contribution in [0.4, 0.5) is 0 Å². The van der Waals surface area contributed by atoms with E-state index in [9.17, 15) is 14.7 Å². The number of hydrogen-bond donors (Lipinski definition) is 1. The first-order chi connectivity index (χ1) is 8.92. The second kappa shape index (κ2) is 3.03. The summed E-state index contributed by atoms with van der Waals surface area (Å²) >= 11 is 0. The fourth-order valence-corrected chi connectivity index (χ4v) is 4.65. The van der Waals surface area contributed by atoms with Gasteiger partial charge >= 0.3 is 11.9 Å². The molecule has 0 amide bonds. The third-order valence-corrected chi connectivity index (χ3v) is 5.58. The molecule has 0 aromatic rings. The van der Waals surface area contributed by atoms with Gasteiger partial charge in [0.15, 0.2) is 0 Å². The van der Waals surface area contributed by atoms with Crippen LogP contribution >= 0.6 is 0 Å². The first-order valence-corrected chi connectivity index (χ1v) is 6.73. The average Bonchev–Trinajstić information content (AvgIpc) is 2.85. The molecule has 2 aliphatic heterocycles. The van der Waals surface area contributed by atoms with E-state index in [1.165, 1.54) is 0 Å². The number of fused-ring (bicyclic) bond motifs is 4. The summed E-state index contributed by atoms with van der Waals surface area (Å²) in [6.45, 7) is 2.03. The van der Waals surface area contributed by atoms with Gasteiger partial charge in [0.1, 0.15) is 12.7 Å². The standard InChI is InChI=1S/C14H16O5/c1-12-7-18-11(16)14(12,17)9-5-13(6-10(15)19-9)4-2-3-8(12)13/h3,9,17H,2,4-7H2,1H3/t9-,12-,13-,14-/m1/s1. The summed E-state index contributed by atoms with van der Waals surface area (Å²) in [7, 11) is 0. The van der Waals surface area contributed by atoms with Crippen LogP contribution < -0.4 is 0 Å². The van der Waals surface area contributed by atoms with Crippen molar-refractivity contribution in [3.8, 4) is 0 Å². The van der Waals surface area contributed by atoms with Gasteiger partial charge in [-0.25, -0.2) is 4.79 Å². The molecule has 2 bridgehead atoms. The predicted molar refractivity (Wildman–Crippen MR) is 62.9 cm³/mol. The van der Waals surface area contributed by atoms with Crippen molar-refractivity contribution >= 4 is 11.9 Å². The zero-order valence-corrected chi connectivity index (χ0v) is 10.8. The maximum Gasteiger partial charge on any atom is 0.343 e. The molecule has 0 unspecified atom stereocenters. The van der Waals surface area contributed by atoms with E-state index in [1.54, 1.807) is 0 Å². The summed E-state index contributed by atoms with van der Waals surface area (Å²) in [4.78, 5) is 23.9. The van der Waals surface area contributed by atoms with Crippen molar-refractivity contribution in [2.45, 2.75) is 44.3 Å². The Hall–Kier alpha value is -1.36. The Bertz CT molecular complexity index is 538. The third-order valence-electron chi connectivity index (χ3n) is 5.58. The molecular weight excluding hydrogens is 248 g/mol. The van der Waals surface area contributed by atoms with Crippen LogP contribution in [0.25, 0.3) is 0 Å². The van der Waals surface area contributed by atoms with Crippen LogP contribution in [0, 0.1) is 10.8 Å². The minimum absolute atomic E-state index is 0.171. The molecular formula is C14H16O5. The molecule has 102 valence electrons. The number of cyclic esters (lactones) is 1. The second-order valence-corrected chi connectivity index (χ2v) is 6.47. The van der Waals surface area contributed by atoms with Crippen LogP contribution in [-0.2, 0) is 19.1 Å². The Morgan fingerprint density at radius 2 is 2.21 bits per heavy atom. The van der Waals surface area contributed by atoms with E-state index in [0.29, 0.717) is 12.8 Å². The Morgan fingerprint density at radius 1 is 1.42 bits per heavy atom. The number of esters is 2. The smallest absolute Gasteiger partial charge is 0.343 e. The summed E-state index contributed by atoms with van der Waals surface area (Å²) in [5, 5.41) is 10.9. The highest BCUT2D eigenvalue weighted by Gasteiger charge is 2.74. The summed E-state index contributed by atoms with van der Waals surface area (Å²) < 4.78 is 10.4. The first kappa shape index (κ1) is 11.5. The molecule has 4 aliphatic rings. The highest BCUT2D eigenvalue weighted by Crippen LogP contribution is 2.65. The lowest BCUT2D eigenvalue weighted by Crippen LogP contribution is -2.67. The second-order valence-electron chi connectivity index (χ2n) is 6.47. The van der Waals surface area contributed by atoms with Gasteiger partial charge in [-0.05, 0) is 26.2 Å². The SMILES string of the molecule is C[C@]12COC(=O)[C@]1(O)[C@H]1C[C@]3(CCC=C32)CC(=O)O1. The lowest BCUT2D eigenvalue weighted by molar-refractivity contribution is -0.210. The number of ether oxygens (including phenoxy) is 2. The Balaban J connectivity index is 1.95. The van der Waals surface area contributed by atoms with Crippen LogP contribution in [0.3, 0.4) is 0 Å². The maximum absolute atomic E-state index is 12.0. The van der Waals surface area contributed by atoms with Crippen molar-refractivity contribution in [3.05, 3.63) is 11.6 Å². The van der Waals surface area contributed by atoms with Crippen LogP contribution in [0.5, 0.6) is 0 Å². The van der Waals surface area contributed by atoms with Gasteiger partial charge < -0.3 is 14.6 Å². The largest absolute Gasteiger partial charge is 0.462 e. The number of allylic oxidation sites excluding steroid dienone is 1. The number of aliphatic hydroxyl groups is 1. The van der Waals surface area contributed by atoms with Gasteiger partial charge in [-0.15, -0.1) is 0 Å². The molecule has 4 rings (SSSR count). The first-order valence-electron chi connectivity index (χ1n) is 6.73. The summed E-state index contributed by atoms with van der Waals surface area (Å²) in [5.41, 5.74) is -1.68. The Labute approximate surface area is 110 Å². The van der Waals surface area contributed by atoms with E-state index in [1.807, 2.05) is 6.92 Å². The zero-order chi connectivity index (χ0) is 13.5. The van der Waals surface area contributed by atoms with Crippen LogP contribution in [-0.4, -0.2) is 35.4 Å². The lowest BCUT2D eigenvalue weighted by Gasteiger charge is -2.55. The minimum Gasteiger partial charge on any atom is -0.462 e. The summed E-state index contributed by atoms with van der Waals surface area (Å²) in [5.74, 6) is -0.977. The zero-order valence-electron chi connectivity index (χ0n) is 10.8. The molecule has 19 heavy (non-hydrogen) atoms. The van der Waals surface area contributed by atoms with Crippen molar-refractivity contribution in [2.24, 2.45) is 10.8 Å². The highest BCUT2D eigenvalue weighted by molar-refractivity contribution is 5.87. The number of hydrogen-bond acceptors (Lipinski definition) is 5. The third kappa shape index (κ3) is 1.04. The Kier molecular flexibility index (Phi) is 1.83. The number of rotatable bonds is 0. The Morgan fingerprint density at radius 3 is 3.00 bits per heavy atom. The monoisotopic (exact) mass is 264 g/mol. The maximum atomic E-state index is 12.0. The van der Waals surface area contributed by atoms with Gasteiger partial charge in [0.2, 0.25) is 5.60 Å². The molecule has 0 aromatic heterocycles. The fourth-order valence-electron chi connectivity index (χ4n) is 4.65. The van der Waals surface area contributed by atoms with E-state index in [4.69, 9.17) is 9.47 Å². The minimum atomic E-state index is -1.72. The lowest BCUT2D eigenvalue weighted by atomic mass is 9.51. The van der Waals surface area contributed by atoms with Crippen molar-refractivity contribution < 1.29 is 24.2 Å². The van der Waals surface area contributed by atoms with Crippen molar-refractivity contribution in [1.82, 2.24) is 0 Å². The molecule has 1 spiro atoms. The van der Waals surface area contributed by atoms with Crippen LogP contribution in [0.2, 0.25) is 0 Å². The van der Waals surface area contributed by atoms with Gasteiger partial charge in [-0.2, -0.15) is 0 Å². The normalized spacial score (nSPS) is 51.1. The fraction of sp³-hybridized carbons (Fsp3) is 0.714. The van der Waals surface area contributed by atoms with E-state index in [0.717, 1.165) is 18.4 Å². The highest BCUT2D eigenvalue weighted by atomic mass is 16.6. The molecule has 5 heteroatoms. The molecule has 2 heterocycles. The predicted octanol–water partition coefficient (Wildman–Crippen LogP) is 0.706. The molecule has 5 nitrogen and oxygen atoms in total. The summed E-state index contributed by atoms with van der Waals surface area (Å²) in [6.07, 6.45) is 3.98. The van der Waals surface area contributed by atoms with Crippen molar-refractivity contribution in [2.75, 3.05) is 6.61 Å². The van der Waals surface area contributed by atoms with E-state index < -0.39 is 23.1 Å².